The van der Waals surface area contributed by atoms with Crippen LogP contribution >= 0.6 is 70.6 Å². The molecule has 2 aliphatic rings. The average molecular weight is 916 g/mol. The van der Waals surface area contributed by atoms with E-state index >= 15 is 0 Å². The molecule has 2 aliphatic heterocycles. The van der Waals surface area contributed by atoms with Gasteiger partial charge in [0.2, 0.25) is 0 Å². The van der Waals surface area contributed by atoms with Crippen LogP contribution in [-0.4, -0.2) is 74.6 Å². The van der Waals surface area contributed by atoms with Crippen LogP contribution in [0.4, 0.5) is 17.1 Å². The van der Waals surface area contributed by atoms with Gasteiger partial charge in [-0.3, -0.25) is 47.7 Å². The van der Waals surface area contributed by atoms with Gasteiger partial charge in [0.1, 0.15) is 40.9 Å². The summed E-state index contributed by atoms with van der Waals surface area (Å²) in [5, 5.41) is 19.2. The van der Waals surface area contributed by atoms with Crippen molar-refractivity contribution in [3.63, 3.8) is 0 Å². The Morgan fingerprint density at radius 3 is 1.28 bits per heavy atom. The van der Waals surface area contributed by atoms with Gasteiger partial charge in [-0.25, -0.2) is 0 Å². The molecule has 2 amide bonds. The number of aromatic nitrogens is 2. The first-order valence-corrected chi connectivity index (χ1v) is 22.3. The molecule has 60 heavy (non-hydrogen) atoms. The summed E-state index contributed by atoms with van der Waals surface area (Å²) in [6.45, 7) is 5.04. The molecule has 0 spiro atoms. The van der Waals surface area contributed by atoms with Crippen molar-refractivity contribution in [3.8, 4) is 0 Å². The number of aliphatic carboxylic acids is 2. The number of carboxylic acid groups (broad SMARTS) is 2. The van der Waals surface area contributed by atoms with Crippen LogP contribution < -0.4 is 34.4 Å². The molecule has 0 unspecified atom stereocenters. The predicted molar refractivity (Wildman–Crippen MR) is 246 cm³/mol. The van der Waals surface area contributed by atoms with Gasteiger partial charge >= 0.3 is 11.9 Å². The maximum atomic E-state index is 13.6. The monoisotopic (exact) mass is 915 g/mol. The zero-order valence-electron chi connectivity index (χ0n) is 31.9. The summed E-state index contributed by atoms with van der Waals surface area (Å²) in [6, 6.07) is 22.9. The van der Waals surface area contributed by atoms with E-state index in [1.54, 1.807) is 26.0 Å². The van der Waals surface area contributed by atoms with Crippen molar-refractivity contribution in [2.24, 2.45) is 0 Å². The number of thiazole rings is 2. The number of hydrogen-bond acceptors (Lipinski definition) is 13. The second-order valence-electron chi connectivity index (χ2n) is 13.2. The van der Waals surface area contributed by atoms with Crippen molar-refractivity contribution in [1.82, 2.24) is 18.9 Å². The molecule has 5 aromatic rings. The molecule has 4 heterocycles. The summed E-state index contributed by atoms with van der Waals surface area (Å²) in [5.41, 5.74) is 3.78. The Morgan fingerprint density at radius 2 is 0.967 bits per heavy atom. The topological polar surface area (TPSA) is 162 Å². The summed E-state index contributed by atoms with van der Waals surface area (Å²) in [4.78, 5) is 82.2. The van der Waals surface area contributed by atoms with Crippen molar-refractivity contribution in [2.75, 3.05) is 18.0 Å². The third-order valence-electron chi connectivity index (χ3n) is 9.31. The predicted octanol–water partition coefficient (Wildman–Crippen LogP) is 3.71. The molecule has 0 bridgehead atoms. The minimum absolute atomic E-state index is 0.222. The standard InChI is InChI=1S/C41H33N5O8S6/c1-4-42-36(53)32(59-40(42)55)38-44(20-30(47)48)34(51)28(57-38)18-23-8-14-26(15-9-23)46(25-12-6-22(3)7-13-25)27-16-10-24(11-17-27)19-29-35(52)45(21-31(49)50)39(58-29)33-37(54)43(5-2)41(56)60-33/h6-19H,4-5,20-21H2,1-3H3,(H,47,48)(H,49,50)/b28-18+,29-19?,38-32+,39-33+. The highest BCUT2D eigenvalue weighted by Crippen LogP contribution is 2.35. The van der Waals surface area contributed by atoms with Gasteiger partial charge in [-0.2, -0.15) is 0 Å². The first-order valence-electron chi connectivity index (χ1n) is 18.2. The zero-order valence-corrected chi connectivity index (χ0v) is 36.8. The van der Waals surface area contributed by atoms with E-state index in [0.717, 1.165) is 78.0 Å². The highest BCUT2D eigenvalue weighted by atomic mass is 32.2. The lowest BCUT2D eigenvalue weighted by molar-refractivity contribution is -0.138. The van der Waals surface area contributed by atoms with Crippen LogP contribution in [0, 0.1) is 6.92 Å². The molecule has 0 radical (unpaired) electrons. The summed E-state index contributed by atoms with van der Waals surface area (Å²) >= 11 is 14.9. The van der Waals surface area contributed by atoms with Crippen LogP contribution in [0.2, 0.25) is 0 Å². The van der Waals surface area contributed by atoms with E-state index in [1.165, 1.54) is 9.80 Å². The Bertz CT molecular complexity index is 2820. The smallest absolute Gasteiger partial charge is 0.323 e. The number of carboxylic acids is 2. The van der Waals surface area contributed by atoms with E-state index in [4.69, 9.17) is 24.4 Å². The number of thiocarbonyl (C=S) groups is 2. The molecule has 0 atom stereocenters. The van der Waals surface area contributed by atoms with Crippen LogP contribution in [0.1, 0.15) is 30.5 Å². The van der Waals surface area contributed by atoms with Gasteiger partial charge in [0.25, 0.3) is 22.9 Å². The van der Waals surface area contributed by atoms with Crippen molar-refractivity contribution in [3.05, 3.63) is 129 Å². The number of benzene rings is 3. The van der Waals surface area contributed by atoms with Crippen LogP contribution in [0.15, 0.2) is 82.4 Å². The molecule has 306 valence electrons. The summed E-state index contributed by atoms with van der Waals surface area (Å²) < 4.78 is 3.89. The minimum Gasteiger partial charge on any atom is -0.480 e. The fourth-order valence-electron chi connectivity index (χ4n) is 6.42. The Balaban J connectivity index is 1.26. The van der Waals surface area contributed by atoms with Crippen LogP contribution in [0.25, 0.3) is 22.0 Å². The van der Waals surface area contributed by atoms with E-state index in [2.05, 4.69) is 0 Å². The molecule has 13 nitrogen and oxygen atoms in total. The van der Waals surface area contributed by atoms with Gasteiger partial charge in [-0.15, -0.1) is 22.7 Å². The SMILES string of the molecule is CCN1C(=O)/C(=c2\sc(=Cc3ccc(N(c4ccc(C)cc4)c4ccc(/C=c5/s/c(=C6/SC(=S)N(CC)C6=O)n(CC(=O)O)c5=O)cc4)cc3)c(=O)n2CC(=O)O)SC1=S. The lowest BCUT2D eigenvalue weighted by atomic mass is 10.1. The highest BCUT2D eigenvalue weighted by Gasteiger charge is 2.34. The van der Waals surface area contributed by atoms with E-state index in [-0.39, 0.29) is 40.0 Å². The molecule has 19 heteroatoms. The number of carbonyl (C=O) groups is 4. The van der Waals surface area contributed by atoms with Crippen molar-refractivity contribution in [2.45, 2.75) is 33.9 Å². The normalized spacial score (nSPS) is 16.8. The number of thioether (sulfide) groups is 2. The van der Waals surface area contributed by atoms with E-state index in [0.29, 0.717) is 32.9 Å². The molecule has 0 aliphatic carbocycles. The van der Waals surface area contributed by atoms with Gasteiger partial charge in [0, 0.05) is 30.2 Å². The number of aryl methyl sites for hydroxylation is 1. The molecule has 2 aromatic heterocycles. The Kier molecular flexibility index (Phi) is 12.6. The van der Waals surface area contributed by atoms with Crippen molar-refractivity contribution in [1.29, 1.82) is 0 Å². The number of amides is 2. The average Bonchev–Trinajstić information content (AvgIpc) is 3.88. The Hall–Kier alpha value is -5.44. The molecular weight excluding hydrogens is 883 g/mol. The molecule has 2 fully saturated rings. The van der Waals surface area contributed by atoms with Gasteiger partial charge in [0.05, 0.1) is 9.06 Å². The summed E-state index contributed by atoms with van der Waals surface area (Å²) in [5.74, 6) is -3.17. The Labute approximate surface area is 368 Å². The van der Waals surface area contributed by atoms with Gasteiger partial charge in [0.15, 0.2) is 0 Å². The third kappa shape index (κ3) is 8.45. The number of hydrogen-bond donors (Lipinski definition) is 2. The quantitative estimate of drug-likeness (QED) is 0.185. The molecule has 7 rings (SSSR count). The summed E-state index contributed by atoms with van der Waals surface area (Å²) in [7, 11) is 0. The van der Waals surface area contributed by atoms with Crippen LogP contribution in [0.5, 0.6) is 0 Å². The third-order valence-corrected chi connectivity index (χ3v) is 14.7. The van der Waals surface area contributed by atoms with Gasteiger partial charge < -0.3 is 15.1 Å². The second-order valence-corrected chi connectivity index (χ2v) is 18.6. The largest absolute Gasteiger partial charge is 0.480 e. The fourth-order valence-corrected chi connectivity index (χ4v) is 11.7. The fraction of sp³-hybridized carbons (Fsp3) is 0.171. The maximum absolute atomic E-state index is 13.6. The first-order chi connectivity index (χ1) is 28.7. The lowest BCUT2D eigenvalue weighted by Crippen LogP contribution is -2.35. The number of nitrogens with zero attached hydrogens (tertiary/aromatic N) is 5. The maximum Gasteiger partial charge on any atom is 0.323 e. The molecule has 2 saturated heterocycles. The number of carbonyl (C=O) groups excluding carboxylic acids is 2. The highest BCUT2D eigenvalue weighted by molar-refractivity contribution is 8.30. The zero-order chi connectivity index (χ0) is 43.0. The molecular formula is C41H33N5O8S6. The van der Waals surface area contributed by atoms with E-state index < -0.39 is 36.1 Å². The minimum atomic E-state index is -1.22. The van der Waals surface area contributed by atoms with E-state index in [1.807, 2.05) is 84.6 Å². The number of rotatable bonds is 11. The van der Waals surface area contributed by atoms with E-state index in [9.17, 15) is 39.0 Å². The molecule has 2 N–H and O–H groups in total. The number of anilines is 3. The molecule has 3 aromatic carbocycles. The Morgan fingerprint density at radius 1 is 0.617 bits per heavy atom. The van der Waals surface area contributed by atoms with Gasteiger partial charge in [-0.05, 0) is 80.4 Å². The van der Waals surface area contributed by atoms with Gasteiger partial charge in [-0.1, -0.05) is 89.9 Å². The van der Waals surface area contributed by atoms with Crippen molar-refractivity contribution >= 4 is 142 Å². The summed E-state index contributed by atoms with van der Waals surface area (Å²) in [6.07, 6.45) is 3.32. The molecule has 0 saturated carbocycles. The van der Waals surface area contributed by atoms with Crippen LogP contribution in [0.3, 0.4) is 0 Å². The first kappa shape index (κ1) is 42.7. The lowest BCUT2D eigenvalue weighted by Gasteiger charge is -2.26. The van der Waals surface area contributed by atoms with Crippen LogP contribution in [-0.2, 0) is 32.3 Å². The van der Waals surface area contributed by atoms with Crippen molar-refractivity contribution < 1.29 is 29.4 Å². The second kappa shape index (κ2) is 17.6.